The Morgan fingerprint density at radius 1 is 1.33 bits per heavy atom. The predicted octanol–water partition coefficient (Wildman–Crippen LogP) is 4.70. The maximum absolute atomic E-state index is 3.49. The first kappa shape index (κ1) is 14.1. The van der Waals surface area contributed by atoms with Crippen LogP contribution in [0.1, 0.15) is 10.4 Å². The highest BCUT2D eigenvalue weighted by Crippen LogP contribution is 2.21. The van der Waals surface area contributed by atoms with Crippen LogP contribution in [0.15, 0.2) is 45.1 Å². The van der Waals surface area contributed by atoms with E-state index < -0.39 is 0 Å². The molecule has 0 spiro atoms. The monoisotopic (exact) mass is 341 g/mol. The maximum atomic E-state index is 3.49. The van der Waals surface area contributed by atoms with Gasteiger partial charge in [-0.1, -0.05) is 22.0 Å². The molecule has 4 heteroatoms. The minimum absolute atomic E-state index is 0.989. The molecule has 0 aliphatic carbocycles. The molecule has 0 aliphatic rings. The molecule has 1 nitrogen and oxygen atoms in total. The number of thioether (sulfide) groups is 1. The fourth-order valence-electron chi connectivity index (χ4n) is 1.58. The van der Waals surface area contributed by atoms with Crippen molar-refractivity contribution in [1.29, 1.82) is 0 Å². The van der Waals surface area contributed by atoms with Crippen LogP contribution in [0.4, 0.5) is 0 Å². The fourth-order valence-corrected chi connectivity index (χ4v) is 3.88. The summed E-state index contributed by atoms with van der Waals surface area (Å²) in [6, 6.07) is 10.6. The molecule has 2 rings (SSSR count). The highest BCUT2D eigenvalue weighted by molar-refractivity contribution is 9.10. The summed E-state index contributed by atoms with van der Waals surface area (Å²) < 4.78 is 1.15. The quantitative estimate of drug-likeness (QED) is 0.603. The maximum Gasteiger partial charge on any atom is 0.0302 e. The first-order valence-corrected chi connectivity index (χ1v) is 8.53. The van der Waals surface area contributed by atoms with E-state index in [0.717, 1.165) is 23.3 Å². The van der Waals surface area contributed by atoms with Gasteiger partial charge in [-0.3, -0.25) is 0 Å². The molecule has 0 radical (unpaired) electrons. The van der Waals surface area contributed by atoms with E-state index in [1.54, 1.807) is 0 Å². The molecule has 2 aromatic rings. The number of hydrogen-bond donors (Lipinski definition) is 1. The van der Waals surface area contributed by atoms with E-state index in [1.165, 1.54) is 15.3 Å². The Morgan fingerprint density at radius 2 is 2.22 bits per heavy atom. The molecule has 0 bridgehead atoms. The summed E-state index contributed by atoms with van der Waals surface area (Å²) in [6.07, 6.45) is 0. The minimum Gasteiger partial charge on any atom is -0.311 e. The lowest BCUT2D eigenvalue weighted by Gasteiger charge is -2.05. The largest absolute Gasteiger partial charge is 0.311 e. The molecule has 0 saturated carbocycles. The lowest BCUT2D eigenvalue weighted by Crippen LogP contribution is -2.16. The van der Waals surface area contributed by atoms with Crippen molar-refractivity contribution in [2.24, 2.45) is 0 Å². The van der Waals surface area contributed by atoms with Gasteiger partial charge in [0.2, 0.25) is 0 Å². The van der Waals surface area contributed by atoms with Gasteiger partial charge in [0.05, 0.1) is 0 Å². The van der Waals surface area contributed by atoms with Gasteiger partial charge in [0.1, 0.15) is 0 Å². The van der Waals surface area contributed by atoms with Gasteiger partial charge in [0.25, 0.3) is 0 Å². The van der Waals surface area contributed by atoms with Crippen molar-refractivity contribution in [3.8, 4) is 0 Å². The zero-order chi connectivity index (χ0) is 12.8. The van der Waals surface area contributed by atoms with Gasteiger partial charge in [-0.15, -0.1) is 23.1 Å². The lowest BCUT2D eigenvalue weighted by atomic mass is 10.3. The molecule has 18 heavy (non-hydrogen) atoms. The first-order valence-electron chi connectivity index (χ1n) is 5.88. The molecule has 0 saturated heterocycles. The number of thiophene rings is 1. The van der Waals surface area contributed by atoms with E-state index in [9.17, 15) is 0 Å². The molecular formula is C14H16BrNS2. The summed E-state index contributed by atoms with van der Waals surface area (Å²) in [5.41, 5.74) is 1.40. The van der Waals surface area contributed by atoms with E-state index in [-0.39, 0.29) is 0 Å². The van der Waals surface area contributed by atoms with Crippen molar-refractivity contribution in [3.05, 3.63) is 50.6 Å². The van der Waals surface area contributed by atoms with Crippen LogP contribution >= 0.6 is 39.0 Å². The number of nitrogens with one attached hydrogen (secondary N) is 1. The van der Waals surface area contributed by atoms with Crippen LogP contribution in [-0.4, -0.2) is 12.3 Å². The van der Waals surface area contributed by atoms with Gasteiger partial charge in [-0.05, 0) is 42.1 Å². The average Bonchev–Trinajstić information content (AvgIpc) is 2.75. The fraction of sp³-hybridized carbons (Fsp3) is 0.286. The van der Waals surface area contributed by atoms with E-state index in [2.05, 4.69) is 63.9 Å². The Morgan fingerprint density at radius 3 is 2.94 bits per heavy atom. The normalized spacial score (nSPS) is 10.8. The Labute approximate surface area is 125 Å². The van der Waals surface area contributed by atoms with Crippen LogP contribution in [0.3, 0.4) is 0 Å². The second-order valence-corrected chi connectivity index (χ2v) is 7.09. The van der Waals surface area contributed by atoms with Crippen LogP contribution in [0.2, 0.25) is 0 Å². The molecular weight excluding hydrogens is 326 g/mol. The van der Waals surface area contributed by atoms with Crippen molar-refractivity contribution in [3.63, 3.8) is 0 Å². The summed E-state index contributed by atoms with van der Waals surface area (Å²) in [7, 11) is 0. The Kier molecular flexibility index (Phi) is 5.76. The highest BCUT2D eigenvalue weighted by atomic mass is 79.9. The van der Waals surface area contributed by atoms with Crippen LogP contribution < -0.4 is 5.32 Å². The lowest BCUT2D eigenvalue weighted by molar-refractivity contribution is 0.738. The zero-order valence-electron chi connectivity index (χ0n) is 10.3. The second-order valence-electron chi connectivity index (χ2n) is 4.01. The van der Waals surface area contributed by atoms with Gasteiger partial charge < -0.3 is 5.32 Å². The van der Waals surface area contributed by atoms with Crippen molar-refractivity contribution >= 4 is 39.0 Å². The number of rotatable bonds is 6. The van der Waals surface area contributed by atoms with E-state index in [4.69, 9.17) is 0 Å². The standard InChI is InChI=1S/C14H16BrNS2/c1-11-5-7-18-14(11)10-16-6-8-17-13-4-2-3-12(15)9-13/h2-5,7,9,16H,6,8,10H2,1H3. The zero-order valence-corrected chi connectivity index (χ0v) is 13.5. The highest BCUT2D eigenvalue weighted by Gasteiger charge is 1.99. The third kappa shape index (κ3) is 4.43. The van der Waals surface area contributed by atoms with Gasteiger partial charge >= 0.3 is 0 Å². The third-order valence-electron chi connectivity index (χ3n) is 2.60. The van der Waals surface area contributed by atoms with Gasteiger partial charge in [0, 0.05) is 33.1 Å². The van der Waals surface area contributed by atoms with Gasteiger partial charge in [-0.2, -0.15) is 0 Å². The summed E-state index contributed by atoms with van der Waals surface area (Å²) in [6.45, 7) is 4.20. The molecule has 0 aliphatic heterocycles. The van der Waals surface area contributed by atoms with Gasteiger partial charge in [0.15, 0.2) is 0 Å². The van der Waals surface area contributed by atoms with Crippen LogP contribution in [0, 0.1) is 6.92 Å². The number of halogens is 1. The minimum atomic E-state index is 0.989. The number of aryl methyl sites for hydroxylation is 1. The molecule has 0 amide bonds. The van der Waals surface area contributed by atoms with Crippen molar-refractivity contribution in [1.82, 2.24) is 5.32 Å². The van der Waals surface area contributed by atoms with E-state index >= 15 is 0 Å². The Bertz CT molecular complexity index is 496. The molecule has 0 atom stereocenters. The topological polar surface area (TPSA) is 12.0 Å². The molecule has 0 fully saturated rings. The number of hydrogen-bond acceptors (Lipinski definition) is 3. The van der Waals surface area contributed by atoms with Crippen LogP contribution in [0.25, 0.3) is 0 Å². The molecule has 1 aromatic carbocycles. The van der Waals surface area contributed by atoms with E-state index in [1.807, 2.05) is 23.1 Å². The van der Waals surface area contributed by atoms with Crippen molar-refractivity contribution < 1.29 is 0 Å². The summed E-state index contributed by atoms with van der Waals surface area (Å²) >= 11 is 7.21. The summed E-state index contributed by atoms with van der Waals surface area (Å²) in [5.74, 6) is 1.10. The smallest absolute Gasteiger partial charge is 0.0302 e. The van der Waals surface area contributed by atoms with E-state index in [0.29, 0.717) is 0 Å². The Hall–Kier alpha value is -0.290. The van der Waals surface area contributed by atoms with Gasteiger partial charge in [-0.25, -0.2) is 0 Å². The molecule has 0 unspecified atom stereocenters. The molecule has 96 valence electrons. The summed E-state index contributed by atoms with van der Waals surface area (Å²) in [4.78, 5) is 2.76. The first-order chi connectivity index (χ1) is 8.75. The second kappa shape index (κ2) is 7.34. The SMILES string of the molecule is Cc1ccsc1CNCCSc1cccc(Br)c1. The predicted molar refractivity (Wildman–Crippen MR) is 85.6 cm³/mol. The number of benzene rings is 1. The van der Waals surface area contributed by atoms with Crippen molar-refractivity contribution in [2.45, 2.75) is 18.4 Å². The van der Waals surface area contributed by atoms with Crippen molar-refractivity contribution in [2.75, 3.05) is 12.3 Å². The summed E-state index contributed by atoms with van der Waals surface area (Å²) in [5, 5.41) is 5.65. The van der Waals surface area contributed by atoms with Crippen LogP contribution in [-0.2, 0) is 6.54 Å². The third-order valence-corrected chi connectivity index (χ3v) is 5.11. The molecule has 1 N–H and O–H groups in total. The Balaban J connectivity index is 1.66. The molecule has 1 aromatic heterocycles. The molecule has 1 heterocycles. The van der Waals surface area contributed by atoms with Crippen LogP contribution in [0.5, 0.6) is 0 Å². The average molecular weight is 342 g/mol.